The predicted octanol–water partition coefficient (Wildman–Crippen LogP) is 3.58. The van der Waals surface area contributed by atoms with Gasteiger partial charge in [-0.2, -0.15) is 13.2 Å². The molecule has 0 radical (unpaired) electrons. The lowest BCUT2D eigenvalue weighted by Crippen LogP contribution is -2.04. The molecule has 130 valence electrons. The maximum absolute atomic E-state index is 12.7. The molecule has 0 unspecified atom stereocenters. The summed E-state index contributed by atoms with van der Waals surface area (Å²) in [4.78, 5) is 18.5. The molecule has 0 aliphatic heterocycles. The Morgan fingerprint density at radius 3 is 2.20 bits per heavy atom. The molecule has 0 atom stereocenters. The second-order valence-electron chi connectivity index (χ2n) is 4.81. The summed E-state index contributed by atoms with van der Waals surface area (Å²) in [6.45, 7) is 0. The lowest BCUT2D eigenvalue weighted by molar-refractivity contribution is -0.137. The number of nitrogens with zero attached hydrogens (tertiary/aromatic N) is 2. The average Bonchev–Trinajstić information content (AvgIpc) is 2.58. The molecule has 0 aliphatic rings. The number of halogens is 3. The maximum atomic E-state index is 12.7. The number of alkyl halides is 3. The van der Waals surface area contributed by atoms with Crippen molar-refractivity contribution in [3.63, 3.8) is 0 Å². The van der Waals surface area contributed by atoms with Crippen molar-refractivity contribution in [1.29, 1.82) is 0 Å². The molecule has 1 aromatic carbocycles. The molecule has 1 aromatic heterocycles. The van der Waals surface area contributed by atoms with Gasteiger partial charge in [-0.1, -0.05) is 24.3 Å². The van der Waals surface area contributed by atoms with E-state index < -0.39 is 17.7 Å². The normalized spacial score (nSPS) is 12.4. The molecule has 5 nitrogen and oxygen atoms in total. The lowest BCUT2D eigenvalue weighted by Gasteiger charge is -2.10. The van der Waals surface area contributed by atoms with Crippen LogP contribution in [0.3, 0.4) is 0 Å². The first-order valence-corrected chi connectivity index (χ1v) is 6.96. The number of methoxy groups -OCH3 is 1. The molecule has 0 saturated heterocycles. The number of aliphatic carboxylic acids is 1. The van der Waals surface area contributed by atoms with Gasteiger partial charge in [-0.15, -0.1) is 0 Å². The number of carbonyl (C=O) groups is 1. The van der Waals surface area contributed by atoms with Gasteiger partial charge in [0.05, 0.1) is 12.7 Å². The summed E-state index contributed by atoms with van der Waals surface area (Å²) in [6.07, 6.45) is 2.08. The van der Waals surface area contributed by atoms with E-state index in [0.29, 0.717) is 16.7 Å². The highest BCUT2D eigenvalue weighted by molar-refractivity contribution is 5.83. The fourth-order valence-corrected chi connectivity index (χ4v) is 1.99. The van der Waals surface area contributed by atoms with Crippen molar-refractivity contribution in [2.45, 2.75) is 6.18 Å². The lowest BCUT2D eigenvalue weighted by atomic mass is 9.98. The molecular weight excluding hydrogens is 337 g/mol. The Bertz CT molecular complexity index is 795. The van der Waals surface area contributed by atoms with Gasteiger partial charge in [0.15, 0.2) is 0 Å². The number of ether oxygens (including phenoxy) is 1. The zero-order valence-corrected chi connectivity index (χ0v) is 13.0. The van der Waals surface area contributed by atoms with Gasteiger partial charge in [0, 0.05) is 24.0 Å². The van der Waals surface area contributed by atoms with Gasteiger partial charge in [-0.05, 0) is 23.3 Å². The molecule has 1 heterocycles. The Morgan fingerprint density at radius 2 is 1.72 bits per heavy atom. The van der Waals surface area contributed by atoms with E-state index in [9.17, 15) is 18.0 Å². The molecule has 0 saturated carbocycles. The number of hydrogen-bond acceptors (Lipinski definition) is 4. The van der Waals surface area contributed by atoms with Gasteiger partial charge in [0.25, 0.3) is 0 Å². The van der Waals surface area contributed by atoms with Gasteiger partial charge < -0.3 is 9.84 Å². The van der Waals surface area contributed by atoms with Crippen LogP contribution in [-0.2, 0) is 11.0 Å². The standard InChI is InChI=1S/C17H13F3N2O3/c1-25-16-21-9-12(10-22-16)14(3-2-4-15(23)24)11-5-7-13(8-6-11)17(18,19)20/h2-10H,1H3,(H,23,24). The van der Waals surface area contributed by atoms with E-state index in [1.54, 1.807) is 0 Å². The quantitative estimate of drug-likeness (QED) is 0.659. The highest BCUT2D eigenvalue weighted by Crippen LogP contribution is 2.31. The van der Waals surface area contributed by atoms with E-state index in [2.05, 4.69) is 9.97 Å². The van der Waals surface area contributed by atoms with Crippen molar-refractivity contribution in [2.24, 2.45) is 0 Å². The Morgan fingerprint density at radius 1 is 1.12 bits per heavy atom. The molecule has 2 rings (SSSR count). The smallest absolute Gasteiger partial charge is 0.416 e. The van der Waals surface area contributed by atoms with Crippen molar-refractivity contribution in [3.05, 3.63) is 71.6 Å². The van der Waals surface area contributed by atoms with E-state index in [4.69, 9.17) is 9.84 Å². The largest absolute Gasteiger partial charge is 0.478 e. The van der Waals surface area contributed by atoms with Crippen LogP contribution in [0.15, 0.2) is 54.9 Å². The van der Waals surface area contributed by atoms with Crippen LogP contribution in [0.25, 0.3) is 5.57 Å². The van der Waals surface area contributed by atoms with Crippen LogP contribution in [0.5, 0.6) is 6.01 Å². The van der Waals surface area contributed by atoms with Crippen LogP contribution in [0.4, 0.5) is 13.2 Å². The number of rotatable bonds is 5. The molecule has 0 amide bonds. The molecule has 25 heavy (non-hydrogen) atoms. The monoisotopic (exact) mass is 350 g/mol. The summed E-state index contributed by atoms with van der Waals surface area (Å²) in [5.74, 6) is -1.14. The number of carboxylic acids is 1. The topological polar surface area (TPSA) is 72.3 Å². The molecule has 0 spiro atoms. The van der Waals surface area contributed by atoms with Crippen LogP contribution in [0.2, 0.25) is 0 Å². The highest BCUT2D eigenvalue weighted by atomic mass is 19.4. The molecule has 2 aromatic rings. The van der Waals surface area contributed by atoms with Crippen LogP contribution >= 0.6 is 0 Å². The van der Waals surface area contributed by atoms with Gasteiger partial charge in [-0.25, -0.2) is 14.8 Å². The summed E-state index contributed by atoms with van der Waals surface area (Å²) in [5, 5.41) is 8.68. The van der Waals surface area contributed by atoms with E-state index in [-0.39, 0.29) is 6.01 Å². The Balaban J connectivity index is 2.45. The second kappa shape index (κ2) is 7.61. The third-order valence-corrected chi connectivity index (χ3v) is 3.15. The van der Waals surface area contributed by atoms with Crippen LogP contribution < -0.4 is 4.74 Å². The molecule has 8 heteroatoms. The van der Waals surface area contributed by atoms with E-state index >= 15 is 0 Å². The Hall–Kier alpha value is -3.16. The average molecular weight is 350 g/mol. The summed E-state index contributed by atoms with van der Waals surface area (Å²) < 4.78 is 42.9. The fourth-order valence-electron chi connectivity index (χ4n) is 1.99. The zero-order valence-electron chi connectivity index (χ0n) is 13.0. The van der Waals surface area contributed by atoms with E-state index in [1.165, 1.54) is 43.8 Å². The minimum absolute atomic E-state index is 0.136. The first kappa shape index (κ1) is 18.2. The van der Waals surface area contributed by atoms with Gasteiger partial charge in [-0.3, -0.25) is 0 Å². The summed E-state index contributed by atoms with van der Waals surface area (Å²) in [6, 6.07) is 4.64. The van der Waals surface area contributed by atoms with Gasteiger partial charge in [0.1, 0.15) is 0 Å². The predicted molar refractivity (Wildman–Crippen MR) is 83.9 cm³/mol. The first-order chi connectivity index (χ1) is 11.8. The minimum Gasteiger partial charge on any atom is -0.478 e. The SMILES string of the molecule is COc1ncc(C(=CC=CC(=O)O)c2ccc(C(F)(F)F)cc2)cn1. The molecule has 0 bridgehead atoms. The highest BCUT2D eigenvalue weighted by Gasteiger charge is 2.30. The van der Waals surface area contributed by atoms with Crippen molar-refractivity contribution in [1.82, 2.24) is 9.97 Å². The van der Waals surface area contributed by atoms with Crippen molar-refractivity contribution < 1.29 is 27.8 Å². The van der Waals surface area contributed by atoms with Crippen molar-refractivity contribution in [2.75, 3.05) is 7.11 Å². The van der Waals surface area contributed by atoms with Crippen molar-refractivity contribution in [3.8, 4) is 6.01 Å². The fraction of sp³-hybridized carbons (Fsp3) is 0.118. The first-order valence-electron chi connectivity index (χ1n) is 6.96. The zero-order chi connectivity index (χ0) is 18.4. The van der Waals surface area contributed by atoms with E-state index in [1.807, 2.05) is 0 Å². The van der Waals surface area contributed by atoms with Crippen LogP contribution in [0.1, 0.15) is 16.7 Å². The number of carboxylic acid groups (broad SMARTS) is 1. The molecular formula is C17H13F3N2O3. The molecule has 0 fully saturated rings. The summed E-state index contributed by atoms with van der Waals surface area (Å²) >= 11 is 0. The van der Waals surface area contributed by atoms with Gasteiger partial charge >= 0.3 is 18.2 Å². The maximum Gasteiger partial charge on any atom is 0.416 e. The van der Waals surface area contributed by atoms with E-state index in [0.717, 1.165) is 18.2 Å². The third-order valence-electron chi connectivity index (χ3n) is 3.15. The number of aromatic nitrogens is 2. The Labute approximate surface area is 141 Å². The molecule has 1 N–H and O–H groups in total. The van der Waals surface area contributed by atoms with Crippen LogP contribution in [-0.4, -0.2) is 28.2 Å². The van der Waals surface area contributed by atoms with Crippen LogP contribution in [0, 0.1) is 0 Å². The number of allylic oxidation sites excluding steroid dienone is 2. The minimum atomic E-state index is -4.44. The Kier molecular flexibility index (Phi) is 5.53. The number of hydrogen-bond donors (Lipinski definition) is 1. The van der Waals surface area contributed by atoms with Gasteiger partial charge in [0.2, 0.25) is 0 Å². The molecule has 0 aliphatic carbocycles. The van der Waals surface area contributed by atoms with Crippen molar-refractivity contribution >= 4 is 11.5 Å². The second-order valence-corrected chi connectivity index (χ2v) is 4.81. The third kappa shape index (κ3) is 4.90. The summed E-state index contributed by atoms with van der Waals surface area (Å²) in [7, 11) is 1.40. The number of benzene rings is 1. The summed E-state index contributed by atoms with van der Waals surface area (Å²) in [5.41, 5.74) is 0.643.